The molecule has 3 aromatic carbocycles. The average Bonchev–Trinajstić information content (AvgIpc) is 3.37. The number of rotatable bonds is 7. The van der Waals surface area contributed by atoms with Crippen molar-refractivity contribution in [2.24, 2.45) is 0 Å². The number of para-hydroxylation sites is 1. The van der Waals surface area contributed by atoms with Crippen molar-refractivity contribution in [1.82, 2.24) is 20.1 Å². The number of nitrogens with zero attached hydrogens (tertiary/aromatic N) is 3. The lowest BCUT2D eigenvalue weighted by molar-refractivity contribution is -0.131. The lowest BCUT2D eigenvalue weighted by atomic mass is 10.0. The number of hydrogen-bond donors (Lipinski definition) is 2. The summed E-state index contributed by atoms with van der Waals surface area (Å²) >= 11 is 0. The third-order valence-electron chi connectivity index (χ3n) is 7.22. The predicted octanol–water partition coefficient (Wildman–Crippen LogP) is 4.59. The van der Waals surface area contributed by atoms with Crippen LogP contribution >= 0.6 is 0 Å². The van der Waals surface area contributed by atoms with Gasteiger partial charge in [0.05, 0.1) is 17.6 Å². The number of hydrogen-bond acceptors (Lipinski definition) is 4. The molecule has 1 aromatic heterocycles. The van der Waals surface area contributed by atoms with E-state index in [9.17, 15) is 9.59 Å². The van der Waals surface area contributed by atoms with E-state index >= 15 is 0 Å². The van der Waals surface area contributed by atoms with Crippen LogP contribution in [-0.2, 0) is 11.2 Å². The van der Waals surface area contributed by atoms with E-state index in [2.05, 4.69) is 38.7 Å². The molecule has 7 nitrogen and oxygen atoms in total. The van der Waals surface area contributed by atoms with Gasteiger partial charge in [0.25, 0.3) is 0 Å². The van der Waals surface area contributed by atoms with Crippen molar-refractivity contribution in [3.63, 3.8) is 0 Å². The van der Waals surface area contributed by atoms with Crippen LogP contribution in [0.3, 0.4) is 0 Å². The van der Waals surface area contributed by atoms with E-state index in [-0.39, 0.29) is 18.0 Å². The van der Waals surface area contributed by atoms with Crippen LogP contribution in [-0.4, -0.2) is 66.0 Å². The highest BCUT2D eigenvalue weighted by Gasteiger charge is 2.28. The van der Waals surface area contributed by atoms with E-state index in [4.69, 9.17) is 0 Å². The molecule has 1 atom stereocenters. The number of anilines is 1. The zero-order valence-corrected chi connectivity index (χ0v) is 21.4. The number of carbonyl (C=O) groups is 2. The first-order valence-corrected chi connectivity index (χ1v) is 12.8. The maximum atomic E-state index is 13.1. The van der Waals surface area contributed by atoms with Crippen LogP contribution in [0.5, 0.6) is 0 Å². The van der Waals surface area contributed by atoms with Gasteiger partial charge in [-0.15, -0.1) is 0 Å². The number of likely N-dealkylation sites (N-methyl/N-ethyl adjacent to an activating group) is 1. The smallest absolute Gasteiger partial charge is 0.319 e. The standard InChI is InChI=1S/C30H33N5O2/c1-21-18-28(26-12-5-6-13-27(26)32-21)33-30(37)31-15-17-35-16-14-24(20-35)34(2)29(36)19-23-10-7-9-22-8-3-4-11-25(22)23/h3-13,18,24H,14-17,19-20H2,1-2H3,(H2,31,32,33,37). The molecular formula is C30H33N5O2. The SMILES string of the molecule is Cc1cc(NC(=O)NCCN2CCC(N(C)C(=O)Cc3cccc4ccccc34)C2)c2ccccc2n1. The Bertz CT molecular complexity index is 1430. The minimum absolute atomic E-state index is 0.139. The number of carbonyl (C=O) groups excluding carboxylic acids is 2. The molecule has 1 fully saturated rings. The summed E-state index contributed by atoms with van der Waals surface area (Å²) in [6.45, 7) is 4.92. The topological polar surface area (TPSA) is 77.6 Å². The third kappa shape index (κ3) is 5.73. The van der Waals surface area contributed by atoms with Crippen molar-refractivity contribution in [3.05, 3.63) is 84.1 Å². The summed E-state index contributed by atoms with van der Waals surface area (Å²) in [5.41, 5.74) is 3.54. The number of likely N-dealkylation sites (tertiary alicyclic amines) is 1. The maximum absolute atomic E-state index is 13.1. The van der Waals surface area contributed by atoms with Gasteiger partial charge in [-0.2, -0.15) is 0 Å². The fourth-order valence-electron chi connectivity index (χ4n) is 5.17. The van der Waals surface area contributed by atoms with Crippen molar-refractivity contribution in [1.29, 1.82) is 0 Å². The van der Waals surface area contributed by atoms with Crippen molar-refractivity contribution in [2.75, 3.05) is 38.5 Å². The Hall–Kier alpha value is -3.97. The molecule has 1 saturated heterocycles. The van der Waals surface area contributed by atoms with Crippen molar-refractivity contribution >= 4 is 39.3 Å². The number of nitrogens with one attached hydrogen (secondary N) is 2. The van der Waals surface area contributed by atoms with Gasteiger partial charge in [-0.3, -0.25) is 14.7 Å². The molecule has 0 saturated carbocycles. The van der Waals surface area contributed by atoms with E-state index in [0.717, 1.165) is 64.7 Å². The van der Waals surface area contributed by atoms with Gasteiger partial charge >= 0.3 is 6.03 Å². The highest BCUT2D eigenvalue weighted by Crippen LogP contribution is 2.23. The largest absolute Gasteiger partial charge is 0.341 e. The van der Waals surface area contributed by atoms with Gasteiger partial charge in [0.2, 0.25) is 5.91 Å². The first-order chi connectivity index (χ1) is 18.0. The molecule has 2 heterocycles. The van der Waals surface area contributed by atoms with E-state index in [0.29, 0.717) is 13.0 Å². The second-order valence-electron chi connectivity index (χ2n) is 9.77. The zero-order chi connectivity index (χ0) is 25.8. The summed E-state index contributed by atoms with van der Waals surface area (Å²) in [5.74, 6) is 0.139. The summed E-state index contributed by atoms with van der Waals surface area (Å²) in [4.78, 5) is 34.4. The van der Waals surface area contributed by atoms with E-state index in [1.807, 2.05) is 73.5 Å². The number of fused-ring (bicyclic) bond motifs is 2. The molecule has 190 valence electrons. The van der Waals surface area contributed by atoms with Crippen LogP contribution in [0.15, 0.2) is 72.8 Å². The predicted molar refractivity (Wildman–Crippen MR) is 149 cm³/mol. The Balaban J connectivity index is 1.10. The van der Waals surface area contributed by atoms with Gasteiger partial charge in [0.15, 0.2) is 0 Å². The molecule has 4 aromatic rings. The number of aromatic nitrogens is 1. The number of aryl methyl sites for hydroxylation is 1. The molecule has 0 bridgehead atoms. The van der Waals surface area contributed by atoms with Gasteiger partial charge < -0.3 is 15.5 Å². The Morgan fingerprint density at radius 1 is 1.03 bits per heavy atom. The van der Waals surface area contributed by atoms with Crippen molar-refractivity contribution in [3.8, 4) is 0 Å². The van der Waals surface area contributed by atoms with Crippen LogP contribution in [0.1, 0.15) is 17.7 Å². The molecule has 0 aliphatic carbocycles. The molecular weight excluding hydrogens is 462 g/mol. The fourth-order valence-corrected chi connectivity index (χ4v) is 5.17. The first-order valence-electron chi connectivity index (χ1n) is 12.8. The quantitative estimate of drug-likeness (QED) is 0.393. The molecule has 0 radical (unpaired) electrons. The maximum Gasteiger partial charge on any atom is 0.319 e. The average molecular weight is 496 g/mol. The number of amides is 3. The number of urea groups is 1. The molecule has 0 spiro atoms. The van der Waals surface area contributed by atoms with Crippen LogP contribution in [0.4, 0.5) is 10.5 Å². The van der Waals surface area contributed by atoms with Gasteiger partial charge in [0, 0.05) is 50.3 Å². The highest BCUT2D eigenvalue weighted by molar-refractivity contribution is 6.00. The van der Waals surface area contributed by atoms with E-state index in [1.54, 1.807) is 0 Å². The van der Waals surface area contributed by atoms with E-state index in [1.165, 1.54) is 0 Å². The van der Waals surface area contributed by atoms with Gasteiger partial charge in [-0.05, 0) is 41.8 Å². The second kappa shape index (κ2) is 11.0. The molecule has 3 amide bonds. The van der Waals surface area contributed by atoms with Crippen LogP contribution < -0.4 is 10.6 Å². The summed E-state index contributed by atoms with van der Waals surface area (Å²) < 4.78 is 0. The van der Waals surface area contributed by atoms with Crippen molar-refractivity contribution in [2.45, 2.75) is 25.8 Å². The lowest BCUT2D eigenvalue weighted by Gasteiger charge is -2.25. The van der Waals surface area contributed by atoms with Crippen LogP contribution in [0.2, 0.25) is 0 Å². The second-order valence-corrected chi connectivity index (χ2v) is 9.77. The van der Waals surface area contributed by atoms with E-state index < -0.39 is 0 Å². The summed E-state index contributed by atoms with van der Waals surface area (Å²) in [6, 6.07) is 24.0. The number of pyridine rings is 1. The summed E-state index contributed by atoms with van der Waals surface area (Å²) in [7, 11) is 1.91. The molecule has 1 aliphatic heterocycles. The molecule has 5 rings (SSSR count). The highest BCUT2D eigenvalue weighted by atomic mass is 16.2. The van der Waals surface area contributed by atoms with Gasteiger partial charge in [-0.25, -0.2) is 4.79 Å². The Labute approximate surface area is 217 Å². The lowest BCUT2D eigenvalue weighted by Crippen LogP contribution is -2.41. The Morgan fingerprint density at radius 2 is 1.78 bits per heavy atom. The third-order valence-corrected chi connectivity index (χ3v) is 7.22. The fraction of sp³-hybridized carbons (Fsp3) is 0.300. The molecule has 1 unspecified atom stereocenters. The molecule has 1 aliphatic rings. The monoisotopic (exact) mass is 495 g/mol. The molecule has 7 heteroatoms. The summed E-state index contributed by atoms with van der Waals surface area (Å²) in [5, 5.41) is 9.15. The number of benzene rings is 3. The minimum Gasteiger partial charge on any atom is -0.341 e. The minimum atomic E-state index is -0.228. The normalized spacial score (nSPS) is 15.7. The van der Waals surface area contributed by atoms with Crippen LogP contribution in [0, 0.1) is 6.92 Å². The molecule has 2 N–H and O–H groups in total. The Kier molecular flexibility index (Phi) is 7.32. The summed E-state index contributed by atoms with van der Waals surface area (Å²) in [6.07, 6.45) is 1.34. The Morgan fingerprint density at radius 3 is 2.65 bits per heavy atom. The molecule has 37 heavy (non-hydrogen) atoms. The van der Waals surface area contributed by atoms with Gasteiger partial charge in [0.1, 0.15) is 0 Å². The zero-order valence-electron chi connectivity index (χ0n) is 21.4. The van der Waals surface area contributed by atoms with Crippen molar-refractivity contribution < 1.29 is 9.59 Å². The first kappa shape index (κ1) is 24.7. The van der Waals surface area contributed by atoms with Gasteiger partial charge in [-0.1, -0.05) is 60.7 Å². The van der Waals surface area contributed by atoms with Crippen LogP contribution in [0.25, 0.3) is 21.7 Å².